The maximum absolute atomic E-state index is 5.77. The van der Waals surface area contributed by atoms with Crippen LogP contribution in [0.2, 0.25) is 0 Å². The third-order valence-electron chi connectivity index (χ3n) is 2.76. The maximum atomic E-state index is 5.77. The first kappa shape index (κ1) is 15.5. The van der Waals surface area contributed by atoms with Crippen molar-refractivity contribution in [2.75, 3.05) is 21.3 Å². The molecule has 0 saturated heterocycles. The molecule has 0 radical (unpaired) electrons. The summed E-state index contributed by atoms with van der Waals surface area (Å²) in [5.74, 6) is 1.25. The van der Waals surface area contributed by atoms with E-state index in [0.29, 0.717) is 11.5 Å². The topological polar surface area (TPSA) is 43.3 Å². The monoisotopic (exact) mass is 338 g/mol. The molecule has 1 heterocycles. The van der Waals surface area contributed by atoms with E-state index in [1.165, 1.54) is 5.06 Å². The van der Waals surface area contributed by atoms with Crippen molar-refractivity contribution in [2.45, 2.75) is 9.96 Å². The van der Waals surface area contributed by atoms with Gasteiger partial charge in [0.2, 0.25) is 0 Å². The van der Waals surface area contributed by atoms with Crippen LogP contribution in [0.5, 0.6) is 11.5 Å². The molecule has 1 unspecified atom stereocenters. The van der Waals surface area contributed by atoms with E-state index >= 15 is 0 Å². The van der Waals surface area contributed by atoms with E-state index in [1.54, 1.807) is 33.4 Å². The number of hydrogen-bond donors (Lipinski definition) is 0. The van der Waals surface area contributed by atoms with E-state index in [-0.39, 0.29) is 5.90 Å². The van der Waals surface area contributed by atoms with Gasteiger partial charge in [-0.3, -0.25) is 0 Å². The van der Waals surface area contributed by atoms with Crippen LogP contribution >= 0.6 is 34.8 Å². The molecule has 1 aromatic carbocycles. The molecule has 1 aliphatic heterocycles. The first-order valence-corrected chi connectivity index (χ1v) is 6.78. The van der Waals surface area contributed by atoms with Gasteiger partial charge in [-0.25, -0.2) is 4.99 Å². The van der Waals surface area contributed by atoms with Crippen LogP contribution in [0.3, 0.4) is 0 Å². The van der Waals surface area contributed by atoms with Crippen molar-refractivity contribution in [1.82, 2.24) is 5.06 Å². The third kappa shape index (κ3) is 3.06. The first-order valence-electron chi connectivity index (χ1n) is 5.64. The second-order valence-electron chi connectivity index (χ2n) is 4.06. The molecule has 2 rings (SSSR count). The fraction of sp³-hybridized carbons (Fsp3) is 0.417. The number of ether oxygens (including phenoxy) is 2. The smallest absolute Gasteiger partial charge is 0.268 e. The fourth-order valence-corrected chi connectivity index (χ4v) is 2.07. The van der Waals surface area contributed by atoms with Crippen molar-refractivity contribution < 1.29 is 14.3 Å². The van der Waals surface area contributed by atoms with Gasteiger partial charge < -0.3 is 14.3 Å². The van der Waals surface area contributed by atoms with Crippen molar-refractivity contribution in [1.29, 1.82) is 0 Å². The molecule has 1 aromatic rings. The maximum Gasteiger partial charge on any atom is 0.268 e. The Bertz CT molecular complexity index is 531. The molecule has 5 nitrogen and oxygen atoms in total. The van der Waals surface area contributed by atoms with E-state index in [1.807, 2.05) is 6.07 Å². The van der Waals surface area contributed by atoms with Crippen LogP contribution in [0.4, 0.5) is 0 Å². The van der Waals surface area contributed by atoms with Gasteiger partial charge in [0.1, 0.15) is 0 Å². The molecule has 8 heteroatoms. The van der Waals surface area contributed by atoms with Gasteiger partial charge in [-0.15, -0.1) is 5.06 Å². The largest absolute Gasteiger partial charge is 0.493 e. The molecule has 0 fully saturated rings. The Labute approximate surface area is 131 Å². The van der Waals surface area contributed by atoms with E-state index in [4.69, 9.17) is 49.1 Å². The van der Waals surface area contributed by atoms with Gasteiger partial charge in [-0.05, 0) is 17.7 Å². The van der Waals surface area contributed by atoms with Crippen molar-refractivity contribution in [3.8, 4) is 11.5 Å². The number of nitrogens with zero attached hydrogens (tertiary/aromatic N) is 2. The standard InChI is InChI=1S/C12H13Cl3N2O3/c1-17-10(16-11(20-17)12(13,14)15)7-4-5-8(18-2)9(6-7)19-3/h4-6,10H,1-3H3. The van der Waals surface area contributed by atoms with Crippen LogP contribution in [0, 0.1) is 0 Å². The highest BCUT2D eigenvalue weighted by atomic mass is 35.6. The average Bonchev–Trinajstić information content (AvgIpc) is 2.80. The van der Waals surface area contributed by atoms with Crippen molar-refractivity contribution in [3.05, 3.63) is 23.8 Å². The molecular formula is C12H13Cl3N2O3. The Hall–Kier alpha value is -0.880. The summed E-state index contributed by atoms with van der Waals surface area (Å²) in [4.78, 5) is 9.61. The molecule has 1 atom stereocenters. The number of halogens is 3. The second-order valence-corrected chi connectivity index (χ2v) is 6.34. The van der Waals surface area contributed by atoms with E-state index in [0.717, 1.165) is 5.56 Å². The van der Waals surface area contributed by atoms with E-state index in [9.17, 15) is 0 Å². The van der Waals surface area contributed by atoms with Crippen molar-refractivity contribution in [3.63, 3.8) is 0 Å². The first-order chi connectivity index (χ1) is 9.36. The molecule has 0 bridgehead atoms. The summed E-state index contributed by atoms with van der Waals surface area (Å²) in [7, 11) is 4.84. The number of hydrogen-bond acceptors (Lipinski definition) is 5. The zero-order valence-corrected chi connectivity index (χ0v) is 13.3. The zero-order chi connectivity index (χ0) is 14.9. The van der Waals surface area contributed by atoms with E-state index in [2.05, 4.69) is 4.99 Å². The Kier molecular flexibility index (Phi) is 4.54. The second kappa shape index (κ2) is 5.85. The Morgan fingerprint density at radius 1 is 1.20 bits per heavy atom. The number of hydroxylamine groups is 2. The van der Waals surface area contributed by atoms with Crippen molar-refractivity contribution >= 4 is 40.7 Å². The van der Waals surface area contributed by atoms with Crippen LogP contribution in [0.15, 0.2) is 23.2 Å². The highest BCUT2D eigenvalue weighted by Gasteiger charge is 2.39. The molecule has 0 N–H and O–H groups in total. The summed E-state index contributed by atoms with van der Waals surface area (Å²) in [6, 6.07) is 5.43. The van der Waals surface area contributed by atoms with Crippen LogP contribution in [0.25, 0.3) is 0 Å². The minimum absolute atomic E-state index is 0.0322. The van der Waals surface area contributed by atoms with Crippen LogP contribution in [-0.2, 0) is 4.84 Å². The van der Waals surface area contributed by atoms with Gasteiger partial charge in [0.25, 0.3) is 9.69 Å². The number of benzene rings is 1. The summed E-state index contributed by atoms with van der Waals surface area (Å²) in [5, 5.41) is 1.50. The lowest BCUT2D eigenvalue weighted by atomic mass is 10.1. The highest BCUT2D eigenvalue weighted by Crippen LogP contribution is 2.38. The summed E-state index contributed by atoms with van der Waals surface area (Å²) in [6.07, 6.45) is -0.416. The molecule has 0 saturated carbocycles. The van der Waals surface area contributed by atoms with Gasteiger partial charge in [0, 0.05) is 7.05 Å². The summed E-state index contributed by atoms with van der Waals surface area (Å²) in [5.41, 5.74) is 0.828. The van der Waals surface area contributed by atoms with Crippen LogP contribution in [-0.4, -0.2) is 36.0 Å². The fourth-order valence-electron chi connectivity index (χ4n) is 1.83. The van der Waals surface area contributed by atoms with Gasteiger partial charge in [0.15, 0.2) is 17.7 Å². The summed E-state index contributed by atoms with van der Waals surface area (Å²) >= 11 is 17.3. The minimum Gasteiger partial charge on any atom is -0.493 e. The zero-order valence-electron chi connectivity index (χ0n) is 11.1. The molecule has 0 amide bonds. The Morgan fingerprint density at radius 2 is 1.85 bits per heavy atom. The van der Waals surface area contributed by atoms with Gasteiger partial charge in [-0.1, -0.05) is 40.9 Å². The minimum atomic E-state index is -1.69. The highest BCUT2D eigenvalue weighted by molar-refractivity contribution is 6.76. The van der Waals surface area contributed by atoms with E-state index < -0.39 is 9.96 Å². The van der Waals surface area contributed by atoms with Gasteiger partial charge in [-0.2, -0.15) is 0 Å². The number of aliphatic imine (C=N–C) groups is 1. The third-order valence-corrected chi connectivity index (χ3v) is 3.25. The number of methoxy groups -OCH3 is 2. The molecule has 1 aliphatic rings. The lowest BCUT2D eigenvalue weighted by Gasteiger charge is -2.18. The predicted molar refractivity (Wildman–Crippen MR) is 78.9 cm³/mol. The SMILES string of the molecule is COc1ccc(C2N=C(C(Cl)(Cl)Cl)ON2C)cc1OC. The van der Waals surface area contributed by atoms with Gasteiger partial charge in [0.05, 0.1) is 14.2 Å². The molecule has 20 heavy (non-hydrogen) atoms. The number of rotatable bonds is 3. The normalized spacial score (nSPS) is 19.5. The predicted octanol–water partition coefficient (Wildman–Crippen LogP) is 3.35. The van der Waals surface area contributed by atoms with Crippen LogP contribution < -0.4 is 9.47 Å². The molecule has 0 aliphatic carbocycles. The van der Waals surface area contributed by atoms with Crippen molar-refractivity contribution in [2.24, 2.45) is 4.99 Å². The summed E-state index contributed by atoms with van der Waals surface area (Å²) in [6.45, 7) is 0. The average molecular weight is 340 g/mol. The quantitative estimate of drug-likeness (QED) is 0.792. The Morgan fingerprint density at radius 3 is 2.35 bits per heavy atom. The van der Waals surface area contributed by atoms with Crippen LogP contribution in [0.1, 0.15) is 11.7 Å². The van der Waals surface area contributed by atoms with Gasteiger partial charge >= 0.3 is 0 Å². The molecule has 0 aromatic heterocycles. The summed E-state index contributed by atoms with van der Waals surface area (Å²) < 4.78 is 8.75. The number of alkyl halides is 3. The molecule has 110 valence electrons. The lowest BCUT2D eigenvalue weighted by molar-refractivity contribution is -0.0591. The Balaban J connectivity index is 2.34. The lowest BCUT2D eigenvalue weighted by Crippen LogP contribution is -2.24. The molecular weight excluding hydrogens is 327 g/mol. The molecule has 0 spiro atoms.